The third-order valence-corrected chi connectivity index (χ3v) is 3.42. The number of anilines is 1. The van der Waals surface area contributed by atoms with E-state index in [9.17, 15) is 31.9 Å². The van der Waals surface area contributed by atoms with Gasteiger partial charge in [0.1, 0.15) is 11.4 Å². The molecule has 1 heterocycles. The maximum absolute atomic E-state index is 13.9. The molecule has 0 saturated carbocycles. The zero-order valence-corrected chi connectivity index (χ0v) is 15.2. The fourth-order valence-electron chi connectivity index (χ4n) is 2.29. The number of esters is 1. The Bertz CT molecular complexity index is 839. The first-order valence-corrected chi connectivity index (χ1v) is 8.12. The highest BCUT2D eigenvalue weighted by molar-refractivity contribution is 6.38. The van der Waals surface area contributed by atoms with Crippen LogP contribution in [0.1, 0.15) is 33.6 Å². The molecule has 28 heavy (non-hydrogen) atoms. The SMILES string of the molecule is CC(C)(C)NC(=O)COC(=O)C1=NN(c2c(F)c(F)cc(F)c2F)C(=O)CC1. The van der Waals surface area contributed by atoms with Gasteiger partial charge in [0.25, 0.3) is 5.91 Å². The van der Waals surface area contributed by atoms with Gasteiger partial charge in [-0.2, -0.15) is 10.1 Å². The Hall–Kier alpha value is -2.98. The third kappa shape index (κ3) is 4.84. The summed E-state index contributed by atoms with van der Waals surface area (Å²) in [5.41, 5.74) is -2.38. The molecule has 1 N–H and O–H groups in total. The predicted molar refractivity (Wildman–Crippen MR) is 89.3 cm³/mol. The lowest BCUT2D eigenvalue weighted by molar-refractivity contribution is -0.142. The van der Waals surface area contributed by atoms with Crippen molar-refractivity contribution in [3.8, 4) is 0 Å². The quantitative estimate of drug-likeness (QED) is 0.474. The maximum atomic E-state index is 13.9. The van der Waals surface area contributed by atoms with Crippen LogP contribution in [0.3, 0.4) is 0 Å². The van der Waals surface area contributed by atoms with Gasteiger partial charge in [-0.1, -0.05) is 0 Å². The molecule has 11 heteroatoms. The Balaban J connectivity index is 2.23. The van der Waals surface area contributed by atoms with Crippen LogP contribution >= 0.6 is 0 Å². The first-order chi connectivity index (χ1) is 12.9. The zero-order valence-electron chi connectivity index (χ0n) is 15.2. The van der Waals surface area contributed by atoms with Crippen LogP contribution in [-0.2, 0) is 19.1 Å². The van der Waals surface area contributed by atoms with E-state index in [1.165, 1.54) is 0 Å². The highest BCUT2D eigenvalue weighted by Gasteiger charge is 2.33. The number of hydrogen-bond donors (Lipinski definition) is 1. The van der Waals surface area contributed by atoms with Crippen molar-refractivity contribution in [1.29, 1.82) is 0 Å². The van der Waals surface area contributed by atoms with Crippen LogP contribution < -0.4 is 10.3 Å². The van der Waals surface area contributed by atoms with Crippen LogP contribution in [0.25, 0.3) is 0 Å². The highest BCUT2D eigenvalue weighted by atomic mass is 19.2. The molecule has 7 nitrogen and oxygen atoms in total. The van der Waals surface area contributed by atoms with Gasteiger partial charge in [0.05, 0.1) is 0 Å². The second-order valence-corrected chi connectivity index (χ2v) is 6.94. The summed E-state index contributed by atoms with van der Waals surface area (Å²) in [5.74, 6) is -9.83. The van der Waals surface area contributed by atoms with Crippen molar-refractivity contribution >= 4 is 29.2 Å². The molecular formula is C17H17F4N3O4. The molecule has 0 bridgehead atoms. The van der Waals surface area contributed by atoms with Gasteiger partial charge in [0.2, 0.25) is 5.91 Å². The van der Waals surface area contributed by atoms with Crippen LogP contribution in [0, 0.1) is 23.3 Å². The van der Waals surface area contributed by atoms with Gasteiger partial charge >= 0.3 is 5.97 Å². The van der Waals surface area contributed by atoms with Crippen molar-refractivity contribution in [1.82, 2.24) is 5.32 Å². The molecule has 0 spiro atoms. The zero-order chi connectivity index (χ0) is 21.2. The molecule has 1 aliphatic rings. The third-order valence-electron chi connectivity index (χ3n) is 3.42. The summed E-state index contributed by atoms with van der Waals surface area (Å²) in [6, 6.07) is -0.0185. The van der Waals surface area contributed by atoms with E-state index in [1.54, 1.807) is 20.8 Å². The number of carbonyl (C=O) groups excluding carboxylic acids is 3. The van der Waals surface area contributed by atoms with Crippen molar-refractivity contribution in [2.24, 2.45) is 5.10 Å². The van der Waals surface area contributed by atoms with Gasteiger partial charge in [0, 0.05) is 24.4 Å². The number of ether oxygens (including phenoxy) is 1. The lowest BCUT2D eigenvalue weighted by atomic mass is 10.1. The molecule has 0 aromatic heterocycles. The minimum Gasteiger partial charge on any atom is -0.451 e. The fraction of sp³-hybridized carbons (Fsp3) is 0.412. The molecule has 1 aliphatic heterocycles. The van der Waals surface area contributed by atoms with Gasteiger partial charge in [-0.05, 0) is 20.8 Å². The number of rotatable bonds is 4. The summed E-state index contributed by atoms with van der Waals surface area (Å²) < 4.78 is 59.4. The van der Waals surface area contributed by atoms with Crippen LogP contribution in [-0.4, -0.2) is 35.6 Å². The highest BCUT2D eigenvalue weighted by Crippen LogP contribution is 2.30. The van der Waals surface area contributed by atoms with Gasteiger partial charge in [-0.15, -0.1) is 0 Å². The second kappa shape index (κ2) is 7.95. The first-order valence-electron chi connectivity index (χ1n) is 8.12. The van der Waals surface area contributed by atoms with Crippen LogP contribution in [0.5, 0.6) is 0 Å². The smallest absolute Gasteiger partial charge is 0.355 e. The summed E-state index contributed by atoms with van der Waals surface area (Å²) >= 11 is 0. The molecule has 0 saturated heterocycles. The van der Waals surface area contributed by atoms with E-state index in [0.29, 0.717) is 0 Å². The van der Waals surface area contributed by atoms with Crippen LogP contribution in [0.15, 0.2) is 11.2 Å². The van der Waals surface area contributed by atoms with Gasteiger partial charge in [-0.25, -0.2) is 22.4 Å². The Kier molecular flexibility index (Phi) is 6.05. The number of hydrazone groups is 1. The molecule has 0 unspecified atom stereocenters. The van der Waals surface area contributed by atoms with E-state index in [0.717, 1.165) is 0 Å². The van der Waals surface area contributed by atoms with Crippen molar-refractivity contribution in [3.63, 3.8) is 0 Å². The van der Waals surface area contributed by atoms with Crippen LogP contribution in [0.2, 0.25) is 0 Å². The number of nitrogens with one attached hydrogen (secondary N) is 1. The van der Waals surface area contributed by atoms with Gasteiger partial charge in [0.15, 0.2) is 29.9 Å². The normalized spacial score (nSPS) is 14.6. The number of halogens is 4. The van der Waals surface area contributed by atoms with E-state index in [-0.39, 0.29) is 17.5 Å². The minimum absolute atomic E-state index is 0.0185. The maximum Gasteiger partial charge on any atom is 0.355 e. The lowest BCUT2D eigenvalue weighted by Crippen LogP contribution is -2.43. The summed E-state index contributed by atoms with van der Waals surface area (Å²) in [6.45, 7) is 4.48. The van der Waals surface area contributed by atoms with Gasteiger partial charge in [-0.3, -0.25) is 9.59 Å². The summed E-state index contributed by atoms with van der Waals surface area (Å²) in [4.78, 5) is 35.7. The van der Waals surface area contributed by atoms with Crippen molar-refractivity contribution in [2.75, 3.05) is 11.6 Å². The molecule has 0 radical (unpaired) electrons. The first kappa shape index (κ1) is 21.3. The van der Waals surface area contributed by atoms with Crippen molar-refractivity contribution in [2.45, 2.75) is 39.2 Å². The topological polar surface area (TPSA) is 88.1 Å². The van der Waals surface area contributed by atoms with Crippen LogP contribution in [0.4, 0.5) is 23.2 Å². The van der Waals surface area contributed by atoms with Crippen molar-refractivity contribution in [3.05, 3.63) is 29.3 Å². The summed E-state index contributed by atoms with van der Waals surface area (Å²) in [7, 11) is 0. The average molecular weight is 403 g/mol. The second-order valence-electron chi connectivity index (χ2n) is 6.94. The fourth-order valence-corrected chi connectivity index (χ4v) is 2.29. The average Bonchev–Trinajstić information content (AvgIpc) is 2.58. The van der Waals surface area contributed by atoms with Gasteiger partial charge < -0.3 is 10.1 Å². The predicted octanol–water partition coefficient (Wildman–Crippen LogP) is 2.18. The molecule has 2 rings (SSSR count). The van der Waals surface area contributed by atoms with E-state index in [1.807, 2.05) is 0 Å². The Morgan fingerprint density at radius 1 is 1.14 bits per heavy atom. The summed E-state index contributed by atoms with van der Waals surface area (Å²) in [6.07, 6.45) is -0.658. The number of nitrogens with zero attached hydrogens (tertiary/aromatic N) is 2. The Morgan fingerprint density at radius 3 is 2.25 bits per heavy atom. The number of benzene rings is 1. The minimum atomic E-state index is -1.84. The molecule has 1 aromatic rings. The molecule has 152 valence electrons. The largest absolute Gasteiger partial charge is 0.451 e. The molecular weight excluding hydrogens is 386 g/mol. The van der Waals surface area contributed by atoms with E-state index < -0.39 is 71.0 Å². The van der Waals surface area contributed by atoms with E-state index >= 15 is 0 Å². The molecule has 2 amide bonds. The standard InChI is InChI=1S/C17H17F4N3O4/c1-17(2,3)22-11(25)7-28-16(27)10-4-5-12(26)24(23-10)15-13(20)8(18)6-9(19)14(15)21/h6H,4-5,7H2,1-3H3,(H,22,25). The molecule has 0 aliphatic carbocycles. The number of carbonyl (C=O) groups is 3. The van der Waals surface area contributed by atoms with E-state index in [4.69, 9.17) is 4.74 Å². The van der Waals surface area contributed by atoms with Crippen molar-refractivity contribution < 1.29 is 36.7 Å². The monoisotopic (exact) mass is 403 g/mol. The molecule has 0 fully saturated rings. The Morgan fingerprint density at radius 2 is 1.71 bits per heavy atom. The molecule has 1 aromatic carbocycles. The number of hydrogen-bond acceptors (Lipinski definition) is 5. The number of amides is 2. The van der Waals surface area contributed by atoms with E-state index in [2.05, 4.69) is 10.4 Å². The summed E-state index contributed by atoms with van der Waals surface area (Å²) in [5, 5.41) is 6.09. The Labute approximate surface area is 157 Å². The lowest BCUT2D eigenvalue weighted by Gasteiger charge is -2.24. The molecule has 0 atom stereocenters.